The molecule has 6 nitrogen and oxygen atoms in total. The van der Waals surface area contributed by atoms with Gasteiger partial charge in [-0.1, -0.05) is 0 Å². The second kappa shape index (κ2) is 5.53. The third-order valence-corrected chi connectivity index (χ3v) is 3.62. The van der Waals surface area contributed by atoms with Crippen molar-refractivity contribution in [2.45, 2.75) is 13.0 Å². The summed E-state index contributed by atoms with van der Waals surface area (Å²) in [5, 5.41) is 0. The highest BCUT2D eigenvalue weighted by molar-refractivity contribution is 7.99. The summed E-state index contributed by atoms with van der Waals surface area (Å²) in [5.41, 5.74) is 6.53. The van der Waals surface area contributed by atoms with Crippen LogP contribution in [0.5, 0.6) is 0 Å². The number of esters is 1. The van der Waals surface area contributed by atoms with Crippen LogP contribution in [0.15, 0.2) is 0 Å². The molecule has 98 valence electrons. The predicted molar refractivity (Wildman–Crippen MR) is 68.5 cm³/mol. The highest BCUT2D eigenvalue weighted by atomic mass is 32.2. The number of anilines is 1. The van der Waals surface area contributed by atoms with E-state index in [-0.39, 0.29) is 17.5 Å². The van der Waals surface area contributed by atoms with Gasteiger partial charge in [-0.2, -0.15) is 11.8 Å². The van der Waals surface area contributed by atoms with Crippen molar-refractivity contribution in [2.75, 3.05) is 31.0 Å². The summed E-state index contributed by atoms with van der Waals surface area (Å²) < 4.78 is 10.2. The van der Waals surface area contributed by atoms with Crippen LogP contribution in [0.4, 0.5) is 5.82 Å². The molecule has 0 saturated carbocycles. The molecule has 1 atom stereocenters. The van der Waals surface area contributed by atoms with E-state index in [9.17, 15) is 4.79 Å². The number of thioether (sulfide) groups is 1. The van der Waals surface area contributed by atoms with Crippen LogP contribution < -0.4 is 5.73 Å². The average Bonchev–Trinajstić information content (AvgIpc) is 2.38. The smallest absolute Gasteiger partial charge is 0.343 e. The van der Waals surface area contributed by atoms with Gasteiger partial charge in [0.05, 0.1) is 19.4 Å². The number of hydrogen-bond acceptors (Lipinski definition) is 7. The van der Waals surface area contributed by atoms with E-state index in [1.807, 2.05) is 0 Å². The molecule has 0 amide bonds. The Hall–Kier alpha value is -1.34. The molecule has 2 rings (SSSR count). The molecule has 18 heavy (non-hydrogen) atoms. The number of carbonyl (C=O) groups is 1. The van der Waals surface area contributed by atoms with Gasteiger partial charge < -0.3 is 15.2 Å². The van der Waals surface area contributed by atoms with E-state index >= 15 is 0 Å². The first-order valence-corrected chi connectivity index (χ1v) is 6.70. The molecule has 0 aliphatic carbocycles. The van der Waals surface area contributed by atoms with Crippen molar-refractivity contribution in [3.63, 3.8) is 0 Å². The van der Waals surface area contributed by atoms with Crippen molar-refractivity contribution in [3.05, 3.63) is 17.1 Å². The number of carbonyl (C=O) groups excluding carboxylic acids is 1. The lowest BCUT2D eigenvalue weighted by Gasteiger charge is -2.21. The topological polar surface area (TPSA) is 87.3 Å². The van der Waals surface area contributed by atoms with E-state index in [0.29, 0.717) is 18.1 Å². The number of aryl methyl sites for hydroxylation is 1. The standard InChI is InChI=1S/C11H15N3O3S/c1-6-8(11(15)16-2)9(12)14-10(13-6)7-5-18-4-3-17-7/h7H,3-5H2,1-2H3,(H2,12,13,14). The molecule has 0 bridgehead atoms. The van der Waals surface area contributed by atoms with Crippen molar-refractivity contribution >= 4 is 23.5 Å². The van der Waals surface area contributed by atoms with Crippen LogP contribution >= 0.6 is 11.8 Å². The third kappa shape index (κ3) is 2.56. The minimum absolute atomic E-state index is 0.142. The second-order valence-electron chi connectivity index (χ2n) is 3.85. The summed E-state index contributed by atoms with van der Waals surface area (Å²) in [6.45, 7) is 2.39. The Kier molecular flexibility index (Phi) is 4.03. The fraction of sp³-hybridized carbons (Fsp3) is 0.545. The van der Waals surface area contributed by atoms with E-state index in [2.05, 4.69) is 14.7 Å². The van der Waals surface area contributed by atoms with Crippen LogP contribution in [0.3, 0.4) is 0 Å². The van der Waals surface area contributed by atoms with Crippen molar-refractivity contribution in [3.8, 4) is 0 Å². The molecule has 1 fully saturated rings. The van der Waals surface area contributed by atoms with Gasteiger partial charge in [-0.3, -0.25) is 0 Å². The predicted octanol–water partition coefficient (Wildman–Crippen LogP) is 0.958. The first-order chi connectivity index (χ1) is 8.63. The fourth-order valence-corrected chi connectivity index (χ4v) is 2.59. The molecular weight excluding hydrogens is 254 g/mol. The molecule has 2 heterocycles. The monoisotopic (exact) mass is 269 g/mol. The van der Waals surface area contributed by atoms with Gasteiger partial charge in [0.25, 0.3) is 0 Å². The quantitative estimate of drug-likeness (QED) is 0.800. The van der Waals surface area contributed by atoms with Crippen LogP contribution in [0, 0.1) is 6.92 Å². The molecule has 0 aromatic carbocycles. The van der Waals surface area contributed by atoms with Gasteiger partial charge >= 0.3 is 5.97 Å². The summed E-state index contributed by atoms with van der Waals surface area (Å²) in [5.74, 6) is 1.94. The number of ether oxygens (including phenoxy) is 2. The second-order valence-corrected chi connectivity index (χ2v) is 5.00. The molecular formula is C11H15N3O3S. The first kappa shape index (κ1) is 13.1. The molecule has 1 unspecified atom stereocenters. The van der Waals surface area contributed by atoms with Crippen LogP contribution in [0.2, 0.25) is 0 Å². The maximum atomic E-state index is 11.5. The number of nitrogens with two attached hydrogens (primary N) is 1. The fourth-order valence-electron chi connectivity index (χ4n) is 1.75. The SMILES string of the molecule is COC(=O)c1c(C)nc(C2CSCCO2)nc1N. The lowest BCUT2D eigenvalue weighted by atomic mass is 10.2. The Morgan fingerprint density at radius 3 is 2.89 bits per heavy atom. The lowest BCUT2D eigenvalue weighted by molar-refractivity contribution is 0.0595. The van der Waals surface area contributed by atoms with Gasteiger partial charge in [-0.15, -0.1) is 0 Å². The van der Waals surface area contributed by atoms with Crippen LogP contribution in [0.1, 0.15) is 28.0 Å². The molecule has 1 saturated heterocycles. The van der Waals surface area contributed by atoms with Crippen LogP contribution in [-0.4, -0.2) is 41.2 Å². The zero-order valence-electron chi connectivity index (χ0n) is 10.3. The first-order valence-electron chi connectivity index (χ1n) is 5.55. The van der Waals surface area contributed by atoms with Crippen molar-refractivity contribution < 1.29 is 14.3 Å². The summed E-state index contributed by atoms with van der Waals surface area (Å²) in [7, 11) is 1.30. The van der Waals surface area contributed by atoms with Crippen molar-refractivity contribution in [1.29, 1.82) is 0 Å². The Bertz CT molecular complexity index is 438. The van der Waals surface area contributed by atoms with E-state index < -0.39 is 5.97 Å². The van der Waals surface area contributed by atoms with E-state index in [0.717, 1.165) is 11.5 Å². The summed E-state index contributed by atoms with van der Waals surface area (Å²) in [6, 6.07) is 0. The Morgan fingerprint density at radius 2 is 2.33 bits per heavy atom. The largest absolute Gasteiger partial charge is 0.465 e. The Morgan fingerprint density at radius 1 is 1.56 bits per heavy atom. The normalized spacial score (nSPS) is 19.6. The van der Waals surface area contributed by atoms with Crippen LogP contribution in [-0.2, 0) is 9.47 Å². The average molecular weight is 269 g/mol. The molecule has 0 radical (unpaired) electrons. The molecule has 0 spiro atoms. The molecule has 1 aliphatic rings. The lowest BCUT2D eigenvalue weighted by Crippen LogP contribution is -2.21. The number of hydrogen-bond donors (Lipinski definition) is 1. The molecule has 2 N–H and O–H groups in total. The van der Waals surface area contributed by atoms with Crippen molar-refractivity contribution in [2.24, 2.45) is 0 Å². The van der Waals surface area contributed by atoms with Gasteiger partial charge in [0.1, 0.15) is 17.5 Å². The minimum Gasteiger partial charge on any atom is -0.465 e. The Balaban J connectivity index is 2.32. The summed E-state index contributed by atoms with van der Waals surface area (Å²) in [4.78, 5) is 20.0. The number of methoxy groups -OCH3 is 1. The maximum absolute atomic E-state index is 11.5. The van der Waals surface area contributed by atoms with Gasteiger partial charge in [-0.25, -0.2) is 14.8 Å². The zero-order valence-corrected chi connectivity index (χ0v) is 11.1. The van der Waals surface area contributed by atoms with Gasteiger partial charge in [0.15, 0.2) is 5.82 Å². The minimum atomic E-state index is -0.518. The van der Waals surface area contributed by atoms with Crippen LogP contribution in [0.25, 0.3) is 0 Å². The highest BCUT2D eigenvalue weighted by Gasteiger charge is 2.23. The van der Waals surface area contributed by atoms with E-state index in [1.54, 1.807) is 18.7 Å². The van der Waals surface area contributed by atoms with Gasteiger partial charge in [0.2, 0.25) is 0 Å². The summed E-state index contributed by atoms with van der Waals surface area (Å²) >= 11 is 1.79. The number of rotatable bonds is 2. The molecule has 1 aliphatic heterocycles. The van der Waals surface area contributed by atoms with Gasteiger partial charge in [-0.05, 0) is 6.92 Å². The maximum Gasteiger partial charge on any atom is 0.343 e. The van der Waals surface area contributed by atoms with Gasteiger partial charge in [0, 0.05) is 11.5 Å². The molecule has 7 heteroatoms. The summed E-state index contributed by atoms with van der Waals surface area (Å²) in [6.07, 6.45) is -0.156. The Labute approximate surface area is 109 Å². The number of nitrogens with zero attached hydrogens (tertiary/aromatic N) is 2. The zero-order chi connectivity index (χ0) is 13.1. The molecule has 1 aromatic rings. The van der Waals surface area contributed by atoms with E-state index in [4.69, 9.17) is 10.5 Å². The van der Waals surface area contributed by atoms with Crippen molar-refractivity contribution in [1.82, 2.24) is 9.97 Å². The number of aromatic nitrogens is 2. The van der Waals surface area contributed by atoms with E-state index in [1.165, 1.54) is 7.11 Å². The third-order valence-electron chi connectivity index (χ3n) is 2.63. The molecule has 1 aromatic heterocycles. The number of nitrogen functional groups attached to an aromatic ring is 1. The highest BCUT2D eigenvalue weighted by Crippen LogP contribution is 2.26.